The van der Waals surface area contributed by atoms with Gasteiger partial charge in [0.05, 0.1) is 13.2 Å². The molecule has 25 heavy (non-hydrogen) atoms. The van der Waals surface area contributed by atoms with Crippen molar-refractivity contribution in [2.45, 2.75) is 71.8 Å². The molecule has 4 nitrogen and oxygen atoms in total. The third kappa shape index (κ3) is 5.44. The predicted molar refractivity (Wildman–Crippen MR) is 104 cm³/mol. The summed E-state index contributed by atoms with van der Waals surface area (Å²) in [6.45, 7) is 14.6. The first-order valence-electron chi connectivity index (χ1n) is 9.43. The van der Waals surface area contributed by atoms with Gasteiger partial charge in [-0.1, -0.05) is 53.7 Å². The molecule has 3 N–H and O–H groups in total. The molecule has 0 fully saturated rings. The summed E-state index contributed by atoms with van der Waals surface area (Å²) >= 11 is 0. The van der Waals surface area contributed by atoms with E-state index >= 15 is 0 Å². The van der Waals surface area contributed by atoms with E-state index in [9.17, 15) is 15.3 Å². The standard InChI is InChI=1S/C21H37NO3/c1-7-20(3,4)17-13-16(15-22(9-11-23)10-12-24)19(25)18(14-17)21(5,6)8-2/h13-14,23-25H,7-12,15H2,1-6H3. The Labute approximate surface area is 153 Å². The molecule has 0 saturated carbocycles. The molecule has 4 heteroatoms. The van der Waals surface area contributed by atoms with E-state index in [2.05, 4.69) is 53.7 Å². The molecule has 1 aromatic carbocycles. The van der Waals surface area contributed by atoms with Crippen molar-refractivity contribution in [3.05, 3.63) is 28.8 Å². The van der Waals surface area contributed by atoms with Crippen LogP contribution in [0.4, 0.5) is 0 Å². The van der Waals surface area contributed by atoms with Crippen molar-refractivity contribution >= 4 is 0 Å². The smallest absolute Gasteiger partial charge is 0.123 e. The van der Waals surface area contributed by atoms with Gasteiger partial charge in [0.1, 0.15) is 5.75 Å². The Morgan fingerprint density at radius 3 is 1.84 bits per heavy atom. The average Bonchev–Trinajstić information content (AvgIpc) is 2.56. The number of aliphatic hydroxyl groups excluding tert-OH is 2. The van der Waals surface area contributed by atoms with Crippen molar-refractivity contribution in [1.82, 2.24) is 4.90 Å². The van der Waals surface area contributed by atoms with Gasteiger partial charge in [0.2, 0.25) is 0 Å². The van der Waals surface area contributed by atoms with Gasteiger partial charge in [0, 0.05) is 30.8 Å². The van der Waals surface area contributed by atoms with Gasteiger partial charge in [0.25, 0.3) is 0 Å². The Kier molecular flexibility index (Phi) is 7.91. The van der Waals surface area contributed by atoms with Crippen molar-refractivity contribution in [3.8, 4) is 5.75 Å². The van der Waals surface area contributed by atoms with Crippen LogP contribution in [0.2, 0.25) is 0 Å². The second-order valence-corrected chi connectivity index (χ2v) is 8.23. The van der Waals surface area contributed by atoms with Gasteiger partial charge in [-0.25, -0.2) is 0 Å². The van der Waals surface area contributed by atoms with Crippen molar-refractivity contribution in [2.24, 2.45) is 0 Å². The summed E-state index contributed by atoms with van der Waals surface area (Å²) in [5.41, 5.74) is 3.00. The summed E-state index contributed by atoms with van der Waals surface area (Å²) in [5, 5.41) is 29.5. The van der Waals surface area contributed by atoms with E-state index in [4.69, 9.17) is 0 Å². The van der Waals surface area contributed by atoms with Crippen LogP contribution in [0, 0.1) is 0 Å². The quantitative estimate of drug-likeness (QED) is 0.603. The summed E-state index contributed by atoms with van der Waals surface area (Å²) in [6, 6.07) is 4.25. The van der Waals surface area contributed by atoms with E-state index < -0.39 is 0 Å². The van der Waals surface area contributed by atoms with Crippen LogP contribution in [0.15, 0.2) is 12.1 Å². The highest BCUT2D eigenvalue weighted by molar-refractivity contribution is 5.49. The molecule has 0 spiro atoms. The third-order valence-corrected chi connectivity index (χ3v) is 5.69. The lowest BCUT2D eigenvalue weighted by molar-refractivity contribution is 0.154. The van der Waals surface area contributed by atoms with E-state index in [1.165, 1.54) is 5.56 Å². The van der Waals surface area contributed by atoms with Gasteiger partial charge in [-0.15, -0.1) is 0 Å². The first-order chi connectivity index (χ1) is 11.6. The first-order valence-corrected chi connectivity index (χ1v) is 9.43. The van der Waals surface area contributed by atoms with E-state index in [1.807, 2.05) is 4.90 Å². The molecule has 0 bridgehead atoms. The molecule has 1 rings (SSSR count). The highest BCUT2D eigenvalue weighted by Crippen LogP contribution is 2.40. The van der Waals surface area contributed by atoms with E-state index in [0.29, 0.717) is 25.4 Å². The molecular weight excluding hydrogens is 314 g/mol. The lowest BCUT2D eigenvalue weighted by Crippen LogP contribution is -2.30. The second kappa shape index (κ2) is 9.02. The molecular formula is C21H37NO3. The zero-order valence-electron chi connectivity index (χ0n) is 16.9. The lowest BCUT2D eigenvalue weighted by atomic mass is 9.75. The average molecular weight is 352 g/mol. The Hall–Kier alpha value is -1.10. The molecule has 0 aromatic heterocycles. The maximum atomic E-state index is 11.0. The number of nitrogens with zero attached hydrogens (tertiary/aromatic N) is 1. The second-order valence-electron chi connectivity index (χ2n) is 8.23. The zero-order chi connectivity index (χ0) is 19.3. The van der Waals surface area contributed by atoms with Crippen LogP contribution in [0.25, 0.3) is 0 Å². The number of hydrogen-bond acceptors (Lipinski definition) is 4. The molecule has 0 atom stereocenters. The van der Waals surface area contributed by atoms with Gasteiger partial charge < -0.3 is 15.3 Å². The molecule has 0 aliphatic heterocycles. The molecule has 0 radical (unpaired) electrons. The lowest BCUT2D eigenvalue weighted by Gasteiger charge is -2.31. The Bertz CT molecular complexity index is 546. The van der Waals surface area contributed by atoms with Crippen molar-refractivity contribution < 1.29 is 15.3 Å². The van der Waals surface area contributed by atoms with Crippen LogP contribution in [0.3, 0.4) is 0 Å². The number of rotatable bonds is 10. The van der Waals surface area contributed by atoms with Crippen LogP contribution in [-0.2, 0) is 17.4 Å². The highest BCUT2D eigenvalue weighted by atomic mass is 16.3. The van der Waals surface area contributed by atoms with E-state index in [1.54, 1.807) is 0 Å². The minimum absolute atomic E-state index is 0.0276. The van der Waals surface area contributed by atoms with Crippen LogP contribution in [-0.4, -0.2) is 46.5 Å². The SMILES string of the molecule is CCC(C)(C)c1cc(CN(CCO)CCO)c(O)c(C(C)(C)CC)c1. The minimum Gasteiger partial charge on any atom is -0.507 e. The van der Waals surface area contributed by atoms with Gasteiger partial charge in [-0.05, 0) is 29.2 Å². The Morgan fingerprint density at radius 1 is 0.880 bits per heavy atom. The number of phenols is 1. The highest BCUT2D eigenvalue weighted by Gasteiger charge is 2.28. The third-order valence-electron chi connectivity index (χ3n) is 5.69. The number of benzene rings is 1. The topological polar surface area (TPSA) is 63.9 Å². The molecule has 0 unspecified atom stereocenters. The van der Waals surface area contributed by atoms with E-state index in [-0.39, 0.29) is 24.0 Å². The normalized spacial score (nSPS) is 12.8. The number of phenolic OH excluding ortho intramolecular Hbond substituents is 1. The molecule has 0 aliphatic rings. The minimum atomic E-state index is -0.114. The number of aromatic hydroxyl groups is 1. The molecule has 1 aromatic rings. The molecule has 0 heterocycles. The molecule has 144 valence electrons. The van der Waals surface area contributed by atoms with Gasteiger partial charge in [-0.3, -0.25) is 4.90 Å². The van der Waals surface area contributed by atoms with Gasteiger partial charge in [-0.2, -0.15) is 0 Å². The van der Waals surface area contributed by atoms with E-state index in [0.717, 1.165) is 24.0 Å². The largest absolute Gasteiger partial charge is 0.507 e. The summed E-state index contributed by atoms with van der Waals surface area (Å²) < 4.78 is 0. The van der Waals surface area contributed by atoms with Crippen LogP contribution in [0.5, 0.6) is 5.75 Å². The zero-order valence-corrected chi connectivity index (χ0v) is 16.9. The summed E-state index contributed by atoms with van der Waals surface area (Å²) in [4.78, 5) is 1.97. The van der Waals surface area contributed by atoms with Crippen LogP contribution in [0.1, 0.15) is 71.1 Å². The Morgan fingerprint density at radius 2 is 1.40 bits per heavy atom. The fourth-order valence-electron chi connectivity index (χ4n) is 2.91. The molecule has 0 amide bonds. The summed E-state index contributed by atoms with van der Waals surface area (Å²) in [6.07, 6.45) is 1.95. The molecule has 0 saturated heterocycles. The summed E-state index contributed by atoms with van der Waals surface area (Å²) in [5.74, 6) is 0.350. The van der Waals surface area contributed by atoms with Crippen LogP contribution >= 0.6 is 0 Å². The fourth-order valence-corrected chi connectivity index (χ4v) is 2.91. The van der Waals surface area contributed by atoms with Crippen molar-refractivity contribution in [1.29, 1.82) is 0 Å². The number of aliphatic hydroxyl groups is 2. The monoisotopic (exact) mass is 351 g/mol. The van der Waals surface area contributed by atoms with Gasteiger partial charge >= 0.3 is 0 Å². The molecule has 0 aliphatic carbocycles. The maximum Gasteiger partial charge on any atom is 0.123 e. The fraction of sp³-hybridized carbons (Fsp3) is 0.714. The number of hydrogen-bond donors (Lipinski definition) is 3. The summed E-state index contributed by atoms with van der Waals surface area (Å²) in [7, 11) is 0. The van der Waals surface area contributed by atoms with Crippen molar-refractivity contribution in [2.75, 3.05) is 26.3 Å². The van der Waals surface area contributed by atoms with Crippen LogP contribution < -0.4 is 0 Å². The predicted octanol–water partition coefficient (Wildman–Crippen LogP) is 3.55. The maximum absolute atomic E-state index is 11.0. The Balaban J connectivity index is 3.44. The first kappa shape index (κ1) is 21.9. The van der Waals surface area contributed by atoms with Gasteiger partial charge in [0.15, 0.2) is 0 Å². The van der Waals surface area contributed by atoms with Crippen molar-refractivity contribution in [3.63, 3.8) is 0 Å².